The molecule has 3 rings (SSSR count). The maximum Gasteiger partial charge on any atom is 0.255 e. The van der Waals surface area contributed by atoms with Gasteiger partial charge in [0, 0.05) is 18.3 Å². The third-order valence-corrected chi connectivity index (χ3v) is 3.64. The summed E-state index contributed by atoms with van der Waals surface area (Å²) >= 11 is 0. The van der Waals surface area contributed by atoms with E-state index in [-0.39, 0.29) is 5.91 Å². The Balaban J connectivity index is 1.87. The molecular formula is C16H16N4O. The number of rotatable bonds is 2. The first-order valence-electron chi connectivity index (χ1n) is 6.72. The molecule has 0 unspecified atom stereocenters. The Kier molecular flexibility index (Phi) is 3.17. The molecule has 1 aromatic heterocycles. The highest BCUT2D eigenvalue weighted by molar-refractivity contribution is 6.05. The number of aryl methyl sites for hydroxylation is 3. The van der Waals surface area contributed by atoms with Crippen molar-refractivity contribution in [1.82, 2.24) is 15.0 Å². The molecule has 1 N–H and O–H groups in total. The van der Waals surface area contributed by atoms with Gasteiger partial charge in [-0.3, -0.25) is 4.79 Å². The van der Waals surface area contributed by atoms with Gasteiger partial charge in [0.15, 0.2) is 0 Å². The van der Waals surface area contributed by atoms with E-state index in [0.29, 0.717) is 11.1 Å². The number of benzene rings is 2. The van der Waals surface area contributed by atoms with E-state index in [4.69, 9.17) is 0 Å². The van der Waals surface area contributed by atoms with Gasteiger partial charge >= 0.3 is 0 Å². The number of anilines is 1. The molecule has 106 valence electrons. The van der Waals surface area contributed by atoms with Crippen LogP contribution in [0.4, 0.5) is 5.69 Å². The molecule has 0 aliphatic heterocycles. The van der Waals surface area contributed by atoms with Crippen LogP contribution in [0.15, 0.2) is 36.4 Å². The molecule has 0 aliphatic rings. The summed E-state index contributed by atoms with van der Waals surface area (Å²) in [6, 6.07) is 11.2. The average molecular weight is 280 g/mol. The summed E-state index contributed by atoms with van der Waals surface area (Å²) in [5.74, 6) is -0.147. The first-order valence-corrected chi connectivity index (χ1v) is 6.72. The van der Waals surface area contributed by atoms with Crippen LogP contribution >= 0.6 is 0 Å². The lowest BCUT2D eigenvalue weighted by Crippen LogP contribution is -2.12. The number of aromatic nitrogens is 3. The molecule has 0 saturated carbocycles. The lowest BCUT2D eigenvalue weighted by atomic mass is 10.1. The second-order valence-electron chi connectivity index (χ2n) is 5.17. The molecule has 0 saturated heterocycles. The van der Waals surface area contributed by atoms with Crippen LogP contribution in [-0.4, -0.2) is 20.9 Å². The zero-order chi connectivity index (χ0) is 15.0. The van der Waals surface area contributed by atoms with Crippen LogP contribution in [-0.2, 0) is 7.05 Å². The van der Waals surface area contributed by atoms with E-state index in [1.807, 2.05) is 45.2 Å². The Morgan fingerprint density at radius 2 is 1.90 bits per heavy atom. The smallest absolute Gasteiger partial charge is 0.255 e. The highest BCUT2D eigenvalue weighted by atomic mass is 16.1. The molecule has 0 atom stereocenters. The largest absolute Gasteiger partial charge is 0.322 e. The van der Waals surface area contributed by atoms with Crippen molar-refractivity contribution in [1.29, 1.82) is 0 Å². The van der Waals surface area contributed by atoms with Gasteiger partial charge in [0.2, 0.25) is 0 Å². The van der Waals surface area contributed by atoms with Crippen molar-refractivity contribution in [3.05, 3.63) is 53.1 Å². The van der Waals surface area contributed by atoms with Gasteiger partial charge in [-0.15, -0.1) is 5.10 Å². The fourth-order valence-electron chi connectivity index (χ4n) is 2.20. The number of hydrogen-bond acceptors (Lipinski definition) is 3. The van der Waals surface area contributed by atoms with Gasteiger partial charge in [-0.2, -0.15) is 0 Å². The van der Waals surface area contributed by atoms with Crippen molar-refractivity contribution in [2.45, 2.75) is 13.8 Å². The van der Waals surface area contributed by atoms with E-state index >= 15 is 0 Å². The van der Waals surface area contributed by atoms with Crippen molar-refractivity contribution >= 4 is 22.6 Å². The molecule has 0 radical (unpaired) electrons. The van der Waals surface area contributed by atoms with Crippen LogP contribution in [0.1, 0.15) is 21.5 Å². The van der Waals surface area contributed by atoms with Gasteiger partial charge in [-0.05, 0) is 55.3 Å². The summed E-state index contributed by atoms with van der Waals surface area (Å²) in [5.41, 5.74) is 5.33. The zero-order valence-corrected chi connectivity index (χ0v) is 12.2. The van der Waals surface area contributed by atoms with Crippen LogP contribution < -0.4 is 5.32 Å². The molecule has 5 heteroatoms. The number of hydrogen-bond donors (Lipinski definition) is 1. The number of carbonyl (C=O) groups is 1. The minimum atomic E-state index is -0.147. The molecule has 3 aromatic rings. The highest BCUT2D eigenvalue weighted by Crippen LogP contribution is 2.17. The van der Waals surface area contributed by atoms with E-state index in [9.17, 15) is 4.79 Å². The van der Waals surface area contributed by atoms with Crippen molar-refractivity contribution < 1.29 is 4.79 Å². The van der Waals surface area contributed by atoms with Crippen molar-refractivity contribution in [2.24, 2.45) is 7.05 Å². The second-order valence-corrected chi connectivity index (χ2v) is 5.17. The molecule has 2 aromatic carbocycles. The number of nitrogens with zero attached hydrogens (tertiary/aromatic N) is 3. The lowest BCUT2D eigenvalue weighted by molar-refractivity contribution is 0.102. The molecule has 0 aliphatic carbocycles. The Labute approximate surface area is 122 Å². The first-order chi connectivity index (χ1) is 10.0. The van der Waals surface area contributed by atoms with Crippen LogP contribution in [0.3, 0.4) is 0 Å². The van der Waals surface area contributed by atoms with Gasteiger partial charge in [0.05, 0.1) is 5.52 Å². The summed E-state index contributed by atoms with van der Waals surface area (Å²) in [7, 11) is 1.82. The number of carbonyl (C=O) groups excluding carboxylic acids is 1. The summed E-state index contributed by atoms with van der Waals surface area (Å²) < 4.78 is 1.68. The molecule has 21 heavy (non-hydrogen) atoms. The van der Waals surface area contributed by atoms with Gasteiger partial charge in [0.25, 0.3) is 5.91 Å². The number of amides is 1. The second kappa shape index (κ2) is 5.01. The van der Waals surface area contributed by atoms with Crippen molar-refractivity contribution in [3.63, 3.8) is 0 Å². The fraction of sp³-hybridized carbons (Fsp3) is 0.188. The normalized spacial score (nSPS) is 10.8. The SMILES string of the molecule is Cc1ccc(NC(=O)c2ccc3c(c2)nnn3C)cc1C. The van der Waals surface area contributed by atoms with Gasteiger partial charge < -0.3 is 5.32 Å². The average Bonchev–Trinajstić information content (AvgIpc) is 2.84. The summed E-state index contributed by atoms with van der Waals surface area (Å²) in [5, 5.41) is 10.9. The molecule has 1 heterocycles. The third-order valence-electron chi connectivity index (χ3n) is 3.64. The minimum Gasteiger partial charge on any atom is -0.322 e. The summed E-state index contributed by atoms with van der Waals surface area (Å²) in [6.45, 7) is 4.07. The molecule has 0 fully saturated rings. The standard InChI is InChI=1S/C16H16N4O/c1-10-4-6-13(8-11(10)2)17-16(21)12-5-7-15-14(9-12)18-19-20(15)3/h4-9H,1-3H3,(H,17,21). The number of nitrogens with one attached hydrogen (secondary N) is 1. The predicted octanol–water partition coefficient (Wildman–Crippen LogP) is 2.84. The Bertz CT molecular complexity index is 835. The molecular weight excluding hydrogens is 264 g/mol. The lowest BCUT2D eigenvalue weighted by Gasteiger charge is -2.07. The Morgan fingerprint density at radius 1 is 1.10 bits per heavy atom. The maximum absolute atomic E-state index is 12.3. The van der Waals surface area contributed by atoms with Crippen LogP contribution in [0, 0.1) is 13.8 Å². The van der Waals surface area contributed by atoms with E-state index in [0.717, 1.165) is 16.8 Å². The zero-order valence-electron chi connectivity index (χ0n) is 12.2. The Morgan fingerprint density at radius 3 is 2.67 bits per heavy atom. The fourth-order valence-corrected chi connectivity index (χ4v) is 2.20. The highest BCUT2D eigenvalue weighted by Gasteiger charge is 2.09. The third kappa shape index (κ3) is 2.50. The van der Waals surface area contributed by atoms with Gasteiger partial charge in [0.1, 0.15) is 5.52 Å². The van der Waals surface area contributed by atoms with Gasteiger partial charge in [-0.25, -0.2) is 4.68 Å². The van der Waals surface area contributed by atoms with Crippen LogP contribution in [0.5, 0.6) is 0 Å². The van der Waals surface area contributed by atoms with Crippen LogP contribution in [0.2, 0.25) is 0 Å². The van der Waals surface area contributed by atoms with E-state index in [1.54, 1.807) is 16.8 Å². The number of fused-ring (bicyclic) bond motifs is 1. The maximum atomic E-state index is 12.3. The molecule has 5 nitrogen and oxygen atoms in total. The van der Waals surface area contributed by atoms with Gasteiger partial charge in [-0.1, -0.05) is 11.3 Å². The Hall–Kier alpha value is -2.69. The predicted molar refractivity (Wildman–Crippen MR) is 82.4 cm³/mol. The molecule has 1 amide bonds. The van der Waals surface area contributed by atoms with Crippen LogP contribution in [0.25, 0.3) is 11.0 Å². The van der Waals surface area contributed by atoms with E-state index in [2.05, 4.69) is 15.6 Å². The molecule has 0 bridgehead atoms. The molecule has 0 spiro atoms. The monoisotopic (exact) mass is 280 g/mol. The summed E-state index contributed by atoms with van der Waals surface area (Å²) in [6.07, 6.45) is 0. The van der Waals surface area contributed by atoms with E-state index in [1.165, 1.54) is 5.56 Å². The quantitative estimate of drug-likeness (QED) is 0.785. The first kappa shape index (κ1) is 13.3. The van der Waals surface area contributed by atoms with E-state index < -0.39 is 0 Å². The van der Waals surface area contributed by atoms with Crippen molar-refractivity contribution in [3.8, 4) is 0 Å². The topological polar surface area (TPSA) is 59.8 Å². The minimum absolute atomic E-state index is 0.147. The summed E-state index contributed by atoms with van der Waals surface area (Å²) in [4.78, 5) is 12.3. The van der Waals surface area contributed by atoms with Crippen molar-refractivity contribution in [2.75, 3.05) is 5.32 Å².